The Morgan fingerprint density at radius 1 is 1.30 bits per heavy atom. The number of anilines is 2. The summed E-state index contributed by atoms with van der Waals surface area (Å²) >= 11 is 5.78. The molecule has 0 bridgehead atoms. The summed E-state index contributed by atoms with van der Waals surface area (Å²) in [5.74, 6) is 4.64. The predicted molar refractivity (Wildman–Crippen MR) is 76.1 cm³/mol. The Bertz CT molecular complexity index is 643. The molecule has 7 heteroatoms. The molecule has 0 fully saturated rings. The Morgan fingerprint density at radius 2 is 2.05 bits per heavy atom. The van der Waals surface area contributed by atoms with Gasteiger partial charge in [0.15, 0.2) is 0 Å². The second-order valence-corrected chi connectivity index (χ2v) is 4.57. The lowest BCUT2D eigenvalue weighted by Crippen LogP contribution is -2.14. The summed E-state index contributed by atoms with van der Waals surface area (Å²) in [6, 6.07) is 7.09. The summed E-state index contributed by atoms with van der Waals surface area (Å²) in [6.07, 6.45) is 0. The molecule has 5 nitrogen and oxygen atoms in total. The van der Waals surface area contributed by atoms with Gasteiger partial charge in [0.05, 0.1) is 0 Å². The topological polar surface area (TPSA) is 80.0 Å². The van der Waals surface area contributed by atoms with Gasteiger partial charge < -0.3 is 10.7 Å². The number of pyridine rings is 1. The first kappa shape index (κ1) is 14.2. The van der Waals surface area contributed by atoms with E-state index < -0.39 is 11.7 Å². The van der Waals surface area contributed by atoms with Gasteiger partial charge in [0, 0.05) is 11.3 Å². The summed E-state index contributed by atoms with van der Waals surface area (Å²) in [6.45, 7) is 1.73. The van der Waals surface area contributed by atoms with E-state index in [9.17, 15) is 9.18 Å². The maximum absolute atomic E-state index is 13.3. The number of aromatic nitrogens is 1. The first-order chi connectivity index (χ1) is 9.47. The van der Waals surface area contributed by atoms with Crippen LogP contribution in [0.15, 0.2) is 30.3 Å². The average molecular weight is 295 g/mol. The fourth-order valence-electron chi connectivity index (χ4n) is 1.71. The fraction of sp³-hybridized carbons (Fsp3) is 0.0769. The molecule has 2 aromatic rings. The van der Waals surface area contributed by atoms with E-state index in [2.05, 4.69) is 15.7 Å². The largest absolute Gasteiger partial charge is 0.322 e. The van der Waals surface area contributed by atoms with Crippen molar-refractivity contribution < 1.29 is 9.18 Å². The van der Waals surface area contributed by atoms with Crippen LogP contribution in [0.1, 0.15) is 15.9 Å². The number of carbonyl (C=O) groups is 1. The highest BCUT2D eigenvalue weighted by molar-refractivity contribution is 6.30. The van der Waals surface area contributed by atoms with Crippen LogP contribution in [0.4, 0.5) is 15.9 Å². The number of nitrogens with one attached hydrogen (secondary N) is 2. The number of nitrogens with zero attached hydrogens (tertiary/aromatic N) is 1. The third-order valence-corrected chi connectivity index (χ3v) is 2.70. The lowest BCUT2D eigenvalue weighted by Gasteiger charge is -2.08. The highest BCUT2D eigenvalue weighted by atomic mass is 35.5. The van der Waals surface area contributed by atoms with Crippen LogP contribution >= 0.6 is 11.6 Å². The molecule has 2 rings (SSSR count). The Morgan fingerprint density at radius 3 is 2.70 bits per heavy atom. The normalized spacial score (nSPS) is 10.2. The van der Waals surface area contributed by atoms with Crippen molar-refractivity contribution in [2.75, 3.05) is 10.7 Å². The second kappa shape index (κ2) is 5.85. The summed E-state index contributed by atoms with van der Waals surface area (Å²) in [5.41, 5.74) is 3.64. The first-order valence-corrected chi connectivity index (χ1v) is 6.08. The van der Waals surface area contributed by atoms with Crippen LogP contribution in [0.5, 0.6) is 0 Å². The Kier molecular flexibility index (Phi) is 4.16. The molecular weight excluding hydrogens is 283 g/mol. The van der Waals surface area contributed by atoms with Crippen molar-refractivity contribution in [2.24, 2.45) is 5.84 Å². The van der Waals surface area contributed by atoms with Crippen LogP contribution in [0, 0.1) is 12.7 Å². The molecule has 0 aliphatic rings. The standard InChI is InChI=1S/C13H12ClFN4O/c1-7-2-9(15)6-10(3-7)17-13(20)8-4-11(14)18-12(5-8)19-16/h2-6H,16H2,1H3,(H,17,20)(H,18,19). The van der Waals surface area contributed by atoms with Gasteiger partial charge in [-0.1, -0.05) is 11.6 Å². The molecule has 0 aliphatic carbocycles. The van der Waals surface area contributed by atoms with Crippen LogP contribution in [-0.2, 0) is 0 Å². The highest BCUT2D eigenvalue weighted by Gasteiger charge is 2.10. The van der Waals surface area contributed by atoms with E-state index in [1.807, 2.05) is 0 Å². The van der Waals surface area contributed by atoms with Crippen molar-refractivity contribution in [1.29, 1.82) is 0 Å². The van der Waals surface area contributed by atoms with Gasteiger partial charge in [0.2, 0.25) is 0 Å². The second-order valence-electron chi connectivity index (χ2n) is 4.18. The number of benzene rings is 1. The van der Waals surface area contributed by atoms with Gasteiger partial charge in [0.1, 0.15) is 16.8 Å². The average Bonchev–Trinajstić information content (AvgIpc) is 2.36. The maximum Gasteiger partial charge on any atom is 0.255 e. The lowest BCUT2D eigenvalue weighted by molar-refractivity contribution is 0.102. The smallest absolute Gasteiger partial charge is 0.255 e. The summed E-state index contributed by atoms with van der Waals surface area (Å²) in [7, 11) is 0. The Hall–Kier alpha value is -2.18. The molecule has 0 spiro atoms. The van der Waals surface area contributed by atoms with Gasteiger partial charge in [-0.3, -0.25) is 4.79 Å². The number of hydrogen-bond acceptors (Lipinski definition) is 4. The minimum absolute atomic E-state index is 0.126. The molecule has 0 aliphatic heterocycles. The SMILES string of the molecule is Cc1cc(F)cc(NC(=O)c2cc(Cl)nc(NN)c2)c1. The van der Waals surface area contributed by atoms with Gasteiger partial charge in [-0.05, 0) is 42.8 Å². The molecule has 1 aromatic heterocycles. The van der Waals surface area contributed by atoms with Crippen molar-refractivity contribution in [2.45, 2.75) is 6.92 Å². The number of hydrogen-bond donors (Lipinski definition) is 3. The number of nitrogen functional groups attached to an aromatic ring is 1. The fourth-order valence-corrected chi connectivity index (χ4v) is 1.92. The molecule has 1 amide bonds. The predicted octanol–water partition coefficient (Wildman–Crippen LogP) is 2.72. The molecule has 1 heterocycles. The molecule has 104 valence electrons. The summed E-state index contributed by atoms with van der Waals surface area (Å²) in [4.78, 5) is 15.9. The zero-order chi connectivity index (χ0) is 14.7. The molecule has 4 N–H and O–H groups in total. The van der Waals surface area contributed by atoms with Crippen LogP contribution in [0.2, 0.25) is 5.15 Å². The minimum Gasteiger partial charge on any atom is -0.322 e. The van der Waals surface area contributed by atoms with E-state index in [1.165, 1.54) is 24.3 Å². The number of carbonyl (C=O) groups excluding carboxylic acids is 1. The third-order valence-electron chi connectivity index (χ3n) is 2.50. The number of halogens is 2. The van der Waals surface area contributed by atoms with Gasteiger partial charge in [-0.2, -0.15) is 0 Å². The Balaban J connectivity index is 2.25. The molecule has 0 atom stereocenters. The van der Waals surface area contributed by atoms with Crippen molar-refractivity contribution in [3.05, 3.63) is 52.4 Å². The van der Waals surface area contributed by atoms with E-state index in [-0.39, 0.29) is 16.5 Å². The number of nitrogens with two attached hydrogens (primary N) is 1. The van der Waals surface area contributed by atoms with Crippen LogP contribution < -0.4 is 16.6 Å². The molecule has 0 radical (unpaired) electrons. The molecule has 0 saturated carbocycles. The number of aryl methyl sites for hydroxylation is 1. The van der Waals surface area contributed by atoms with Crippen molar-refractivity contribution in [3.63, 3.8) is 0 Å². The number of hydrazine groups is 1. The van der Waals surface area contributed by atoms with Gasteiger partial charge in [0.25, 0.3) is 5.91 Å². The molecule has 20 heavy (non-hydrogen) atoms. The molecular formula is C13H12ClFN4O. The lowest BCUT2D eigenvalue weighted by atomic mass is 10.2. The van der Waals surface area contributed by atoms with E-state index >= 15 is 0 Å². The van der Waals surface area contributed by atoms with Crippen LogP contribution in [-0.4, -0.2) is 10.9 Å². The number of amides is 1. The Labute approximate surface area is 119 Å². The van der Waals surface area contributed by atoms with Crippen molar-refractivity contribution in [3.8, 4) is 0 Å². The number of rotatable bonds is 3. The third kappa shape index (κ3) is 3.43. The van der Waals surface area contributed by atoms with Gasteiger partial charge in [-0.25, -0.2) is 15.2 Å². The molecule has 0 unspecified atom stereocenters. The van der Waals surface area contributed by atoms with E-state index in [0.717, 1.165) is 0 Å². The van der Waals surface area contributed by atoms with Crippen LogP contribution in [0.25, 0.3) is 0 Å². The van der Waals surface area contributed by atoms with E-state index in [4.69, 9.17) is 17.4 Å². The van der Waals surface area contributed by atoms with E-state index in [1.54, 1.807) is 13.0 Å². The summed E-state index contributed by atoms with van der Waals surface area (Å²) < 4.78 is 13.3. The zero-order valence-corrected chi connectivity index (χ0v) is 11.3. The van der Waals surface area contributed by atoms with Crippen molar-refractivity contribution in [1.82, 2.24) is 4.98 Å². The summed E-state index contributed by atoms with van der Waals surface area (Å²) in [5, 5.41) is 2.71. The maximum atomic E-state index is 13.3. The van der Waals surface area contributed by atoms with E-state index in [0.29, 0.717) is 11.3 Å². The van der Waals surface area contributed by atoms with Gasteiger partial charge >= 0.3 is 0 Å². The molecule has 0 saturated heterocycles. The van der Waals surface area contributed by atoms with Crippen molar-refractivity contribution >= 4 is 29.0 Å². The van der Waals surface area contributed by atoms with Gasteiger partial charge in [-0.15, -0.1) is 0 Å². The monoisotopic (exact) mass is 294 g/mol. The zero-order valence-electron chi connectivity index (χ0n) is 10.6. The first-order valence-electron chi connectivity index (χ1n) is 5.70. The molecule has 1 aromatic carbocycles. The quantitative estimate of drug-likeness (QED) is 0.462. The minimum atomic E-state index is -0.434. The van der Waals surface area contributed by atoms with Crippen LogP contribution in [0.3, 0.4) is 0 Å². The highest BCUT2D eigenvalue weighted by Crippen LogP contribution is 2.17.